The van der Waals surface area contributed by atoms with E-state index < -0.39 is 0 Å². The van der Waals surface area contributed by atoms with Crippen LogP contribution < -0.4 is 10.1 Å². The third-order valence-corrected chi connectivity index (χ3v) is 3.17. The highest BCUT2D eigenvalue weighted by atomic mass is 79.9. The van der Waals surface area contributed by atoms with Gasteiger partial charge in [0.05, 0.1) is 25.3 Å². The Bertz CT molecular complexity index is 416. The van der Waals surface area contributed by atoms with Crippen molar-refractivity contribution in [2.75, 3.05) is 20.3 Å². The highest BCUT2D eigenvalue weighted by molar-refractivity contribution is 9.10. The van der Waals surface area contributed by atoms with Crippen molar-refractivity contribution in [1.82, 2.24) is 5.32 Å². The van der Waals surface area contributed by atoms with Crippen LogP contribution in [0.2, 0.25) is 0 Å². The number of carbonyl (C=O) groups is 1. The summed E-state index contributed by atoms with van der Waals surface area (Å²) in [5.74, 6) is 0.445. The molecule has 0 aromatic heterocycles. The van der Waals surface area contributed by atoms with E-state index in [0.717, 1.165) is 10.9 Å². The van der Waals surface area contributed by atoms with Crippen molar-refractivity contribution >= 4 is 21.8 Å². The van der Waals surface area contributed by atoms with E-state index >= 15 is 0 Å². The molecule has 1 unspecified atom stereocenters. The minimum Gasteiger partial charge on any atom is -0.496 e. The molecule has 1 aliphatic rings. The maximum Gasteiger partial charge on any atom is 0.255 e. The SMILES string of the molecule is COc1cc(Br)ccc1C(=O)NC1CCOC1. The van der Waals surface area contributed by atoms with Crippen molar-refractivity contribution < 1.29 is 14.3 Å². The molecule has 4 nitrogen and oxygen atoms in total. The normalized spacial score (nSPS) is 19.1. The number of halogens is 1. The number of hydrogen-bond donors (Lipinski definition) is 1. The molecule has 0 spiro atoms. The lowest BCUT2D eigenvalue weighted by atomic mass is 10.1. The summed E-state index contributed by atoms with van der Waals surface area (Å²) in [5, 5.41) is 2.93. The number of amides is 1. The van der Waals surface area contributed by atoms with Crippen molar-refractivity contribution in [2.24, 2.45) is 0 Å². The molecule has 1 amide bonds. The van der Waals surface area contributed by atoms with Gasteiger partial charge in [-0.05, 0) is 24.6 Å². The Morgan fingerprint density at radius 3 is 3.06 bits per heavy atom. The third-order valence-electron chi connectivity index (χ3n) is 2.67. The summed E-state index contributed by atoms with van der Waals surface area (Å²) in [6.45, 7) is 1.30. The van der Waals surface area contributed by atoms with E-state index in [1.165, 1.54) is 0 Å². The summed E-state index contributed by atoms with van der Waals surface area (Å²) in [4.78, 5) is 12.0. The second-order valence-corrected chi connectivity index (χ2v) is 4.79. The van der Waals surface area contributed by atoms with Gasteiger partial charge in [0, 0.05) is 11.1 Å². The van der Waals surface area contributed by atoms with Gasteiger partial charge in [-0.15, -0.1) is 0 Å². The summed E-state index contributed by atoms with van der Waals surface area (Å²) in [6.07, 6.45) is 0.866. The van der Waals surface area contributed by atoms with Gasteiger partial charge in [-0.2, -0.15) is 0 Å². The predicted octanol–water partition coefficient (Wildman–Crippen LogP) is 1.98. The molecule has 1 heterocycles. The van der Waals surface area contributed by atoms with Crippen molar-refractivity contribution in [1.29, 1.82) is 0 Å². The first-order valence-electron chi connectivity index (χ1n) is 5.43. The first-order valence-corrected chi connectivity index (χ1v) is 6.22. The third kappa shape index (κ3) is 2.98. The number of ether oxygens (including phenoxy) is 2. The van der Waals surface area contributed by atoms with E-state index in [4.69, 9.17) is 9.47 Å². The molecule has 2 rings (SSSR count). The molecule has 1 fully saturated rings. The quantitative estimate of drug-likeness (QED) is 0.928. The molecule has 5 heteroatoms. The number of hydrogen-bond acceptors (Lipinski definition) is 3. The smallest absolute Gasteiger partial charge is 0.255 e. The Balaban J connectivity index is 2.12. The fourth-order valence-electron chi connectivity index (χ4n) is 1.76. The van der Waals surface area contributed by atoms with Crippen LogP contribution in [0.4, 0.5) is 0 Å². The van der Waals surface area contributed by atoms with Crippen LogP contribution in [0.5, 0.6) is 5.75 Å². The Kier molecular flexibility index (Phi) is 4.02. The van der Waals surface area contributed by atoms with Gasteiger partial charge < -0.3 is 14.8 Å². The fourth-order valence-corrected chi connectivity index (χ4v) is 2.10. The van der Waals surface area contributed by atoms with Crippen LogP contribution in [0.15, 0.2) is 22.7 Å². The van der Waals surface area contributed by atoms with Crippen LogP contribution in [0, 0.1) is 0 Å². The van der Waals surface area contributed by atoms with E-state index in [1.807, 2.05) is 6.07 Å². The standard InChI is InChI=1S/C12H14BrNO3/c1-16-11-6-8(13)2-3-10(11)12(15)14-9-4-5-17-7-9/h2-3,6,9H,4-5,7H2,1H3,(H,14,15). The molecular formula is C12H14BrNO3. The van der Waals surface area contributed by atoms with Crippen LogP contribution in [0.3, 0.4) is 0 Å². The lowest BCUT2D eigenvalue weighted by Crippen LogP contribution is -2.35. The monoisotopic (exact) mass is 299 g/mol. The molecule has 17 heavy (non-hydrogen) atoms. The highest BCUT2D eigenvalue weighted by Crippen LogP contribution is 2.23. The average Bonchev–Trinajstić information content (AvgIpc) is 2.81. The lowest BCUT2D eigenvalue weighted by Gasteiger charge is -2.13. The molecule has 1 saturated heterocycles. The van der Waals surface area contributed by atoms with Crippen molar-refractivity contribution in [3.63, 3.8) is 0 Å². The first kappa shape index (κ1) is 12.4. The summed E-state index contributed by atoms with van der Waals surface area (Å²) in [5.41, 5.74) is 0.544. The maximum atomic E-state index is 12.0. The topological polar surface area (TPSA) is 47.6 Å². The van der Waals surface area contributed by atoms with E-state index in [1.54, 1.807) is 19.2 Å². The molecule has 1 aromatic carbocycles. The Morgan fingerprint density at radius 1 is 1.59 bits per heavy atom. The highest BCUT2D eigenvalue weighted by Gasteiger charge is 2.20. The van der Waals surface area contributed by atoms with Gasteiger partial charge in [0.25, 0.3) is 5.91 Å². The molecule has 1 N–H and O–H groups in total. The number of benzene rings is 1. The van der Waals surface area contributed by atoms with Crippen LogP contribution >= 0.6 is 15.9 Å². The number of rotatable bonds is 3. The second-order valence-electron chi connectivity index (χ2n) is 3.88. The van der Waals surface area contributed by atoms with E-state index in [-0.39, 0.29) is 11.9 Å². The van der Waals surface area contributed by atoms with Crippen LogP contribution in [-0.4, -0.2) is 32.3 Å². The number of carbonyl (C=O) groups excluding carboxylic acids is 1. The molecule has 0 aliphatic carbocycles. The van der Waals surface area contributed by atoms with Crippen LogP contribution in [0.1, 0.15) is 16.8 Å². The summed E-state index contributed by atoms with van der Waals surface area (Å²) in [7, 11) is 1.55. The number of methoxy groups -OCH3 is 1. The van der Waals surface area contributed by atoms with E-state index in [9.17, 15) is 4.79 Å². The van der Waals surface area contributed by atoms with Crippen LogP contribution in [0.25, 0.3) is 0 Å². The average molecular weight is 300 g/mol. The minimum atomic E-state index is -0.121. The van der Waals surface area contributed by atoms with Gasteiger partial charge in [-0.1, -0.05) is 15.9 Å². The largest absolute Gasteiger partial charge is 0.496 e. The van der Waals surface area contributed by atoms with E-state index in [2.05, 4.69) is 21.2 Å². The minimum absolute atomic E-state index is 0.107. The van der Waals surface area contributed by atoms with Gasteiger partial charge in [0.1, 0.15) is 5.75 Å². The molecule has 0 radical (unpaired) electrons. The van der Waals surface area contributed by atoms with Crippen molar-refractivity contribution in [2.45, 2.75) is 12.5 Å². The molecule has 0 saturated carbocycles. The second kappa shape index (κ2) is 5.51. The van der Waals surface area contributed by atoms with Gasteiger partial charge in [0.15, 0.2) is 0 Å². The molecule has 1 aromatic rings. The Hall–Kier alpha value is -1.07. The predicted molar refractivity (Wildman–Crippen MR) is 67.4 cm³/mol. The van der Waals surface area contributed by atoms with Gasteiger partial charge in [-0.25, -0.2) is 0 Å². The zero-order chi connectivity index (χ0) is 12.3. The lowest BCUT2D eigenvalue weighted by molar-refractivity contribution is 0.0927. The van der Waals surface area contributed by atoms with Gasteiger partial charge in [-0.3, -0.25) is 4.79 Å². The molecule has 92 valence electrons. The zero-order valence-electron chi connectivity index (χ0n) is 9.53. The van der Waals surface area contributed by atoms with Crippen LogP contribution in [-0.2, 0) is 4.74 Å². The Morgan fingerprint density at radius 2 is 2.41 bits per heavy atom. The maximum absolute atomic E-state index is 12.0. The summed E-state index contributed by atoms with van der Waals surface area (Å²) < 4.78 is 11.3. The fraction of sp³-hybridized carbons (Fsp3) is 0.417. The zero-order valence-corrected chi connectivity index (χ0v) is 11.1. The first-order chi connectivity index (χ1) is 8.20. The van der Waals surface area contributed by atoms with Crippen molar-refractivity contribution in [3.05, 3.63) is 28.2 Å². The van der Waals surface area contributed by atoms with E-state index in [0.29, 0.717) is 24.5 Å². The Labute approximate surface area is 108 Å². The molecule has 1 atom stereocenters. The molecular weight excluding hydrogens is 286 g/mol. The molecule has 0 bridgehead atoms. The molecule has 1 aliphatic heterocycles. The number of nitrogens with one attached hydrogen (secondary N) is 1. The summed E-state index contributed by atoms with van der Waals surface area (Å²) >= 11 is 3.34. The summed E-state index contributed by atoms with van der Waals surface area (Å²) in [6, 6.07) is 5.45. The van der Waals surface area contributed by atoms with Gasteiger partial charge >= 0.3 is 0 Å². The van der Waals surface area contributed by atoms with Gasteiger partial charge in [0.2, 0.25) is 0 Å². The van der Waals surface area contributed by atoms with Crippen molar-refractivity contribution in [3.8, 4) is 5.75 Å².